The standard InChI is InChI=1S/C48H72O4Si/c1-11-51-44(50)34(32-45(3,4)5)30-43(49)33(2)40-24-25-41-39-23-22-35-31-36(26-28-47(35,9)42(39)27-29-48(40,41)10)52-53(46(6,7)8,37-18-14-12-15-19-37)38-20-16-13-17-21-38/h12-22,33-34,36,39-43,49H,11,23-32H2,1-10H3/t33-,34+,36-,39-,40+,41-,42-,43+,47-,48+/m0/s1. The summed E-state index contributed by atoms with van der Waals surface area (Å²) in [4.78, 5) is 13.0. The molecule has 1 N–H and O–H groups in total. The summed E-state index contributed by atoms with van der Waals surface area (Å²) in [5, 5.41) is 14.5. The Morgan fingerprint density at radius 1 is 0.887 bits per heavy atom. The first-order valence-electron chi connectivity index (χ1n) is 21.3. The molecule has 10 atom stereocenters. The largest absolute Gasteiger partial charge is 0.466 e. The van der Waals surface area contributed by atoms with Gasteiger partial charge in [0, 0.05) is 6.10 Å². The van der Waals surface area contributed by atoms with Gasteiger partial charge in [0.05, 0.1) is 18.6 Å². The van der Waals surface area contributed by atoms with E-state index < -0.39 is 14.4 Å². The second-order valence-corrected chi connectivity index (χ2v) is 24.8. The summed E-state index contributed by atoms with van der Waals surface area (Å²) in [6.45, 7) is 23.5. The molecule has 4 aliphatic carbocycles. The van der Waals surface area contributed by atoms with Crippen LogP contribution in [0.15, 0.2) is 72.3 Å². The molecule has 6 rings (SSSR count). The van der Waals surface area contributed by atoms with Crippen LogP contribution in [0.3, 0.4) is 0 Å². The molecule has 292 valence electrons. The van der Waals surface area contributed by atoms with E-state index in [0.717, 1.165) is 19.3 Å². The van der Waals surface area contributed by atoms with Gasteiger partial charge in [0.2, 0.25) is 0 Å². The molecule has 53 heavy (non-hydrogen) atoms. The molecule has 0 heterocycles. The van der Waals surface area contributed by atoms with Crippen LogP contribution in [0.4, 0.5) is 0 Å². The number of hydrogen-bond donors (Lipinski definition) is 1. The molecule has 0 amide bonds. The Bertz CT molecular complexity index is 1530. The molecule has 0 spiro atoms. The van der Waals surface area contributed by atoms with Crippen molar-refractivity contribution < 1.29 is 19.1 Å². The summed E-state index contributed by atoms with van der Waals surface area (Å²) in [5.74, 6) is 2.36. The lowest BCUT2D eigenvalue weighted by molar-refractivity contribution is -0.151. The van der Waals surface area contributed by atoms with Gasteiger partial charge in [0.15, 0.2) is 0 Å². The molecule has 0 radical (unpaired) electrons. The monoisotopic (exact) mass is 741 g/mol. The van der Waals surface area contributed by atoms with E-state index in [4.69, 9.17) is 9.16 Å². The number of carbonyl (C=O) groups is 1. The van der Waals surface area contributed by atoms with Gasteiger partial charge in [-0.2, -0.15) is 0 Å². The minimum absolute atomic E-state index is 0.000627. The van der Waals surface area contributed by atoms with E-state index in [1.54, 1.807) is 5.57 Å². The Morgan fingerprint density at radius 2 is 1.51 bits per heavy atom. The predicted octanol–water partition coefficient (Wildman–Crippen LogP) is 10.5. The third kappa shape index (κ3) is 7.67. The molecule has 0 aromatic heterocycles. The summed E-state index contributed by atoms with van der Waals surface area (Å²) in [5.41, 5.74) is 2.13. The normalized spacial score (nSPS) is 32.1. The lowest BCUT2D eigenvalue weighted by Gasteiger charge is -2.59. The number of rotatable bonds is 11. The third-order valence-electron chi connectivity index (χ3n) is 15.1. The Labute approximate surface area is 324 Å². The molecule has 0 bridgehead atoms. The van der Waals surface area contributed by atoms with Gasteiger partial charge in [0.25, 0.3) is 8.32 Å². The Hall–Kier alpha value is -2.21. The lowest BCUT2D eigenvalue weighted by Crippen LogP contribution is -2.68. The zero-order chi connectivity index (χ0) is 38.4. The fourth-order valence-electron chi connectivity index (χ4n) is 12.6. The van der Waals surface area contributed by atoms with Gasteiger partial charge in [-0.25, -0.2) is 0 Å². The van der Waals surface area contributed by atoms with Gasteiger partial charge < -0.3 is 14.3 Å². The van der Waals surface area contributed by atoms with Crippen molar-refractivity contribution in [2.24, 2.45) is 51.8 Å². The molecular weight excluding hydrogens is 669 g/mol. The SMILES string of the molecule is CCOC(=O)[C@H](C[C@@H](O)[C@@H](C)[C@H]1CC[C@H]2[C@@H]3CC=C4C[C@@H](O[Si](c5ccccc5)(c5ccccc5)C(C)(C)C)CC[C@]4(C)[C@H]3CC[C@]12C)CC(C)(C)C. The van der Waals surface area contributed by atoms with E-state index in [2.05, 4.69) is 129 Å². The van der Waals surface area contributed by atoms with E-state index in [0.29, 0.717) is 36.7 Å². The van der Waals surface area contributed by atoms with Crippen LogP contribution >= 0.6 is 0 Å². The van der Waals surface area contributed by atoms with Crippen LogP contribution < -0.4 is 10.4 Å². The molecule has 2 aromatic rings. The van der Waals surface area contributed by atoms with Crippen molar-refractivity contribution in [1.29, 1.82) is 0 Å². The fourth-order valence-corrected chi connectivity index (χ4v) is 17.3. The van der Waals surface area contributed by atoms with Crippen LogP contribution in [-0.2, 0) is 14.0 Å². The highest BCUT2D eigenvalue weighted by Crippen LogP contribution is 2.67. The van der Waals surface area contributed by atoms with Gasteiger partial charge in [-0.3, -0.25) is 4.79 Å². The van der Waals surface area contributed by atoms with E-state index in [9.17, 15) is 9.90 Å². The van der Waals surface area contributed by atoms with Crippen molar-refractivity contribution in [3.8, 4) is 0 Å². The topological polar surface area (TPSA) is 55.8 Å². The molecule has 3 fully saturated rings. The molecule has 0 aliphatic heterocycles. The maximum absolute atomic E-state index is 13.0. The smallest absolute Gasteiger partial charge is 0.309 e. The first kappa shape index (κ1) is 40.4. The molecule has 2 aromatic carbocycles. The van der Waals surface area contributed by atoms with Crippen LogP contribution in [0.5, 0.6) is 0 Å². The number of ether oxygens (including phenoxy) is 1. The minimum atomic E-state index is -2.61. The lowest BCUT2D eigenvalue weighted by atomic mass is 9.47. The van der Waals surface area contributed by atoms with Crippen molar-refractivity contribution in [2.45, 2.75) is 151 Å². The number of aliphatic hydroxyl groups excluding tert-OH is 1. The number of benzene rings is 2. The van der Waals surface area contributed by atoms with Gasteiger partial charge in [-0.1, -0.05) is 135 Å². The van der Waals surface area contributed by atoms with E-state index in [1.807, 2.05) is 6.92 Å². The quantitative estimate of drug-likeness (QED) is 0.142. The van der Waals surface area contributed by atoms with Crippen LogP contribution in [0.1, 0.15) is 133 Å². The Balaban J connectivity index is 1.20. The number of allylic oxidation sites excluding steroid dienone is 1. The van der Waals surface area contributed by atoms with Crippen LogP contribution in [0.2, 0.25) is 5.04 Å². The predicted molar refractivity (Wildman–Crippen MR) is 222 cm³/mol. The summed E-state index contributed by atoms with van der Waals surface area (Å²) in [6, 6.07) is 22.3. The zero-order valence-corrected chi connectivity index (χ0v) is 35.9. The molecule has 4 aliphatic rings. The maximum Gasteiger partial charge on any atom is 0.309 e. The third-order valence-corrected chi connectivity index (χ3v) is 20.2. The highest BCUT2D eigenvalue weighted by Gasteiger charge is 2.60. The van der Waals surface area contributed by atoms with Crippen LogP contribution in [-0.4, -0.2) is 38.2 Å². The molecular formula is C48H72O4Si. The van der Waals surface area contributed by atoms with Gasteiger partial charge in [-0.15, -0.1) is 0 Å². The number of fused-ring (bicyclic) bond motifs is 5. The number of esters is 1. The average molecular weight is 741 g/mol. The van der Waals surface area contributed by atoms with Crippen molar-refractivity contribution in [3.05, 3.63) is 72.3 Å². The second-order valence-electron chi connectivity index (χ2n) is 20.5. The Morgan fingerprint density at radius 3 is 2.08 bits per heavy atom. The highest BCUT2D eigenvalue weighted by molar-refractivity contribution is 6.99. The van der Waals surface area contributed by atoms with Crippen molar-refractivity contribution in [1.82, 2.24) is 0 Å². The first-order chi connectivity index (χ1) is 24.9. The average Bonchev–Trinajstić information content (AvgIpc) is 3.47. The van der Waals surface area contributed by atoms with Crippen LogP contribution in [0.25, 0.3) is 0 Å². The number of carbonyl (C=O) groups excluding carboxylic acids is 1. The number of hydrogen-bond acceptors (Lipinski definition) is 4. The maximum atomic E-state index is 13.0. The minimum Gasteiger partial charge on any atom is -0.466 e. The molecule has 5 heteroatoms. The molecule has 4 nitrogen and oxygen atoms in total. The summed E-state index contributed by atoms with van der Waals surface area (Å²) < 4.78 is 13.2. The number of aliphatic hydroxyl groups is 1. The molecule has 0 unspecified atom stereocenters. The van der Waals surface area contributed by atoms with Gasteiger partial charge in [0.1, 0.15) is 0 Å². The molecule has 3 saturated carbocycles. The van der Waals surface area contributed by atoms with Crippen molar-refractivity contribution in [3.63, 3.8) is 0 Å². The van der Waals surface area contributed by atoms with Crippen LogP contribution in [0, 0.1) is 51.8 Å². The van der Waals surface area contributed by atoms with Crippen molar-refractivity contribution >= 4 is 24.7 Å². The van der Waals surface area contributed by atoms with E-state index >= 15 is 0 Å². The van der Waals surface area contributed by atoms with E-state index in [1.165, 1.54) is 48.9 Å². The summed E-state index contributed by atoms with van der Waals surface area (Å²) >= 11 is 0. The highest BCUT2D eigenvalue weighted by atomic mass is 28.4. The summed E-state index contributed by atoms with van der Waals surface area (Å²) in [6.07, 6.45) is 13.2. The van der Waals surface area contributed by atoms with Gasteiger partial charge in [-0.05, 0) is 132 Å². The summed E-state index contributed by atoms with van der Waals surface area (Å²) in [7, 11) is -2.61. The van der Waals surface area contributed by atoms with Crippen molar-refractivity contribution in [2.75, 3.05) is 6.61 Å². The zero-order valence-electron chi connectivity index (χ0n) is 34.9. The second kappa shape index (κ2) is 15.4. The Kier molecular flexibility index (Phi) is 11.7. The van der Waals surface area contributed by atoms with E-state index in [-0.39, 0.29) is 45.2 Å². The first-order valence-corrected chi connectivity index (χ1v) is 23.2. The fraction of sp³-hybridized carbons (Fsp3) is 0.688. The molecule has 0 saturated heterocycles. The van der Waals surface area contributed by atoms with Gasteiger partial charge >= 0.3 is 5.97 Å².